The van der Waals surface area contributed by atoms with Gasteiger partial charge >= 0.3 is 5.97 Å². The SMILES string of the molecule is CCOC(=O)c1ccn(C(C)C)c1C(Nc1cccc(Cl)c1F)c1ccc(Cl)cc1C. The first-order chi connectivity index (χ1) is 14.7. The second kappa shape index (κ2) is 9.75. The number of hydrogen-bond acceptors (Lipinski definition) is 3. The van der Waals surface area contributed by atoms with Crippen LogP contribution in [0.4, 0.5) is 10.1 Å². The molecule has 1 atom stereocenters. The Morgan fingerprint density at radius 2 is 1.94 bits per heavy atom. The Balaban J connectivity index is 2.25. The van der Waals surface area contributed by atoms with E-state index in [0.717, 1.165) is 11.1 Å². The number of hydrogen-bond donors (Lipinski definition) is 1. The maximum absolute atomic E-state index is 14.8. The van der Waals surface area contributed by atoms with E-state index in [1.165, 1.54) is 6.07 Å². The maximum Gasteiger partial charge on any atom is 0.340 e. The molecule has 0 bridgehead atoms. The predicted molar refractivity (Wildman–Crippen MR) is 124 cm³/mol. The van der Waals surface area contributed by atoms with Gasteiger partial charge in [-0.25, -0.2) is 9.18 Å². The topological polar surface area (TPSA) is 43.3 Å². The number of esters is 1. The summed E-state index contributed by atoms with van der Waals surface area (Å²) >= 11 is 12.2. The fourth-order valence-corrected chi connectivity index (χ4v) is 4.02. The van der Waals surface area contributed by atoms with Gasteiger partial charge < -0.3 is 14.6 Å². The molecule has 3 aromatic rings. The van der Waals surface area contributed by atoms with Gasteiger partial charge in [-0.3, -0.25) is 0 Å². The van der Waals surface area contributed by atoms with Gasteiger partial charge in [0.25, 0.3) is 0 Å². The standard InChI is InChI=1S/C24H25Cl2FN2O2/c1-5-31-24(30)18-11-12-29(14(2)3)23(18)22(17-10-9-16(25)13-15(17)4)28-20-8-6-7-19(26)21(20)27/h6-14,22,28H,5H2,1-4H3. The van der Waals surface area contributed by atoms with Gasteiger partial charge in [-0.15, -0.1) is 0 Å². The molecule has 164 valence electrons. The van der Waals surface area contributed by atoms with E-state index >= 15 is 0 Å². The van der Waals surface area contributed by atoms with Crippen molar-refractivity contribution in [2.24, 2.45) is 0 Å². The fourth-order valence-electron chi connectivity index (χ4n) is 3.62. The number of benzene rings is 2. The number of ether oxygens (including phenoxy) is 1. The van der Waals surface area contributed by atoms with Crippen LogP contribution >= 0.6 is 23.2 Å². The van der Waals surface area contributed by atoms with Crippen LogP contribution in [-0.4, -0.2) is 17.1 Å². The number of carbonyl (C=O) groups is 1. The molecule has 1 N–H and O–H groups in total. The molecule has 0 spiro atoms. The Labute approximate surface area is 191 Å². The number of nitrogens with zero attached hydrogens (tertiary/aromatic N) is 1. The van der Waals surface area contributed by atoms with Crippen LogP contribution in [-0.2, 0) is 4.74 Å². The van der Waals surface area contributed by atoms with E-state index in [9.17, 15) is 9.18 Å². The number of carbonyl (C=O) groups excluding carboxylic acids is 1. The molecule has 3 rings (SSSR count). The van der Waals surface area contributed by atoms with Crippen LogP contribution in [0, 0.1) is 12.7 Å². The van der Waals surface area contributed by atoms with Crippen molar-refractivity contribution in [2.75, 3.05) is 11.9 Å². The van der Waals surface area contributed by atoms with Gasteiger partial charge in [-0.1, -0.05) is 35.3 Å². The number of rotatable bonds is 7. The Kier molecular flexibility index (Phi) is 7.29. The van der Waals surface area contributed by atoms with E-state index < -0.39 is 17.8 Å². The lowest BCUT2D eigenvalue weighted by Crippen LogP contribution is -2.22. The van der Waals surface area contributed by atoms with Gasteiger partial charge in [-0.05, 0) is 69.2 Å². The molecule has 0 aliphatic rings. The molecule has 1 unspecified atom stereocenters. The zero-order valence-electron chi connectivity index (χ0n) is 17.9. The Morgan fingerprint density at radius 1 is 1.19 bits per heavy atom. The minimum atomic E-state index is -0.555. The largest absolute Gasteiger partial charge is 0.462 e. The van der Waals surface area contributed by atoms with Crippen molar-refractivity contribution in [3.63, 3.8) is 0 Å². The van der Waals surface area contributed by atoms with Crippen LogP contribution in [0.15, 0.2) is 48.7 Å². The Hall–Kier alpha value is -2.50. The van der Waals surface area contributed by atoms with E-state index in [1.54, 1.807) is 31.2 Å². The van der Waals surface area contributed by atoms with Crippen LogP contribution in [0.5, 0.6) is 0 Å². The maximum atomic E-state index is 14.8. The van der Waals surface area contributed by atoms with Crippen LogP contribution in [0.1, 0.15) is 60.0 Å². The van der Waals surface area contributed by atoms with Crippen molar-refractivity contribution in [3.8, 4) is 0 Å². The van der Waals surface area contributed by atoms with E-state index in [-0.39, 0.29) is 23.4 Å². The molecule has 31 heavy (non-hydrogen) atoms. The van der Waals surface area contributed by atoms with E-state index in [4.69, 9.17) is 27.9 Å². The molecule has 0 aliphatic heterocycles. The molecule has 0 aliphatic carbocycles. The fraction of sp³-hybridized carbons (Fsp3) is 0.292. The first-order valence-corrected chi connectivity index (χ1v) is 10.8. The number of aromatic nitrogens is 1. The minimum absolute atomic E-state index is 0.0152. The molecule has 2 aromatic carbocycles. The third kappa shape index (κ3) is 4.89. The number of halogens is 3. The molecular weight excluding hydrogens is 438 g/mol. The van der Waals surface area contributed by atoms with Crippen molar-refractivity contribution in [2.45, 2.75) is 39.8 Å². The summed E-state index contributed by atoms with van der Waals surface area (Å²) in [7, 11) is 0. The van der Waals surface area contributed by atoms with Gasteiger partial charge in [0.2, 0.25) is 0 Å². The summed E-state index contributed by atoms with van der Waals surface area (Å²) in [6.45, 7) is 7.98. The summed E-state index contributed by atoms with van der Waals surface area (Å²) in [5.74, 6) is -0.983. The van der Waals surface area contributed by atoms with Crippen LogP contribution in [0.3, 0.4) is 0 Å². The summed E-state index contributed by atoms with van der Waals surface area (Å²) in [6.07, 6.45) is 1.85. The molecule has 1 aromatic heterocycles. The molecule has 7 heteroatoms. The molecule has 0 amide bonds. The molecule has 0 radical (unpaired) electrons. The summed E-state index contributed by atoms with van der Waals surface area (Å²) < 4.78 is 22.1. The lowest BCUT2D eigenvalue weighted by molar-refractivity contribution is 0.0524. The summed E-state index contributed by atoms with van der Waals surface area (Å²) in [5, 5.41) is 3.88. The summed E-state index contributed by atoms with van der Waals surface area (Å²) in [4.78, 5) is 12.8. The second-order valence-corrected chi connectivity index (χ2v) is 8.36. The summed E-state index contributed by atoms with van der Waals surface area (Å²) in [5.41, 5.74) is 3.09. The van der Waals surface area contributed by atoms with Gasteiger partial charge in [0.1, 0.15) is 0 Å². The molecule has 0 saturated heterocycles. The average molecular weight is 463 g/mol. The third-order valence-corrected chi connectivity index (χ3v) is 5.60. The van der Waals surface area contributed by atoms with Crippen LogP contribution < -0.4 is 5.32 Å². The van der Waals surface area contributed by atoms with Crippen molar-refractivity contribution in [1.82, 2.24) is 4.57 Å². The molecule has 0 fully saturated rings. The van der Waals surface area contributed by atoms with Crippen molar-refractivity contribution in [1.29, 1.82) is 0 Å². The van der Waals surface area contributed by atoms with Crippen LogP contribution in [0.25, 0.3) is 0 Å². The zero-order valence-corrected chi connectivity index (χ0v) is 19.4. The van der Waals surface area contributed by atoms with Gasteiger partial charge in [0.05, 0.1) is 34.6 Å². The first-order valence-electron chi connectivity index (χ1n) is 10.1. The summed E-state index contributed by atoms with van der Waals surface area (Å²) in [6, 6.07) is 11.5. The number of aryl methyl sites for hydroxylation is 1. The molecule has 1 heterocycles. The smallest absolute Gasteiger partial charge is 0.340 e. The third-order valence-electron chi connectivity index (χ3n) is 5.08. The highest BCUT2D eigenvalue weighted by atomic mass is 35.5. The molecule has 4 nitrogen and oxygen atoms in total. The normalized spacial score (nSPS) is 12.1. The molecular formula is C24H25Cl2FN2O2. The highest BCUT2D eigenvalue weighted by Crippen LogP contribution is 2.36. The zero-order chi connectivity index (χ0) is 22.7. The Bertz CT molecular complexity index is 1100. The highest BCUT2D eigenvalue weighted by Gasteiger charge is 2.28. The van der Waals surface area contributed by atoms with Crippen molar-refractivity contribution in [3.05, 3.63) is 86.9 Å². The van der Waals surface area contributed by atoms with Crippen molar-refractivity contribution >= 4 is 34.9 Å². The lowest BCUT2D eigenvalue weighted by atomic mass is 9.95. The molecule has 0 saturated carbocycles. The average Bonchev–Trinajstić information content (AvgIpc) is 3.15. The number of anilines is 1. The second-order valence-electron chi connectivity index (χ2n) is 7.52. The Morgan fingerprint density at radius 3 is 2.58 bits per heavy atom. The predicted octanol–water partition coefficient (Wildman–Crippen LogP) is 7.20. The monoisotopic (exact) mass is 462 g/mol. The van der Waals surface area contributed by atoms with Crippen LogP contribution in [0.2, 0.25) is 10.0 Å². The quantitative estimate of drug-likeness (QED) is 0.377. The minimum Gasteiger partial charge on any atom is -0.462 e. The van der Waals surface area contributed by atoms with Gasteiger partial charge in [0, 0.05) is 17.3 Å². The lowest BCUT2D eigenvalue weighted by Gasteiger charge is -2.27. The highest BCUT2D eigenvalue weighted by molar-refractivity contribution is 6.31. The first kappa shape index (κ1) is 23.2. The van der Waals surface area contributed by atoms with E-state index in [0.29, 0.717) is 16.3 Å². The van der Waals surface area contributed by atoms with Gasteiger partial charge in [0.15, 0.2) is 5.82 Å². The van der Waals surface area contributed by atoms with E-state index in [1.807, 2.05) is 43.7 Å². The number of nitrogens with one attached hydrogen (secondary N) is 1. The van der Waals surface area contributed by atoms with Gasteiger partial charge in [-0.2, -0.15) is 0 Å². The van der Waals surface area contributed by atoms with E-state index in [2.05, 4.69) is 5.32 Å². The van der Waals surface area contributed by atoms with Crippen molar-refractivity contribution < 1.29 is 13.9 Å².